The van der Waals surface area contributed by atoms with Gasteiger partial charge in [0.2, 0.25) is 10.0 Å². The summed E-state index contributed by atoms with van der Waals surface area (Å²) in [5.74, 6) is -0.853. The minimum Gasteiger partial charge on any atom is -0.373 e. The lowest BCUT2D eigenvalue weighted by atomic mass is 10.2. The monoisotopic (exact) mass is 350 g/mol. The quantitative estimate of drug-likeness (QED) is 0.880. The highest BCUT2D eigenvalue weighted by Crippen LogP contribution is 2.18. The zero-order chi connectivity index (χ0) is 16.3. The van der Waals surface area contributed by atoms with E-state index in [1.54, 1.807) is 0 Å². The number of ether oxygens (including phenoxy) is 1. The molecule has 1 N–H and O–H groups in total. The first kappa shape index (κ1) is 17.6. The van der Waals surface area contributed by atoms with Crippen LogP contribution in [-0.2, 0) is 14.8 Å². The number of rotatable bonds is 5. The van der Waals surface area contributed by atoms with E-state index in [1.165, 1.54) is 12.1 Å². The van der Waals surface area contributed by atoms with Gasteiger partial charge in [-0.2, -0.15) is 0 Å². The van der Waals surface area contributed by atoms with Crippen molar-refractivity contribution in [2.75, 3.05) is 26.2 Å². The number of hydrogen-bond acceptors (Lipinski definition) is 4. The summed E-state index contributed by atoms with van der Waals surface area (Å²) in [5.41, 5.74) is 0. The Hall–Kier alpha value is -0.730. The zero-order valence-electron chi connectivity index (χ0n) is 12.6. The number of morpholine rings is 1. The summed E-state index contributed by atoms with van der Waals surface area (Å²) in [5, 5.41) is 0.160. The average Bonchev–Trinajstić information content (AvgIpc) is 2.36. The normalized spacial score (nSPS) is 23.6. The Labute approximate surface area is 135 Å². The molecule has 0 aromatic heterocycles. The molecule has 0 saturated carbocycles. The van der Waals surface area contributed by atoms with Gasteiger partial charge in [-0.3, -0.25) is 4.90 Å². The Kier molecular flexibility index (Phi) is 5.79. The molecule has 2 atom stereocenters. The standard InChI is InChI=1S/C14H20ClFN2O3S/c1-10-8-18(9-11(2)21-10)6-5-17-22(19,20)14-4-3-12(15)7-13(14)16/h3-4,7,10-11,17H,5-6,8-9H2,1-2H3. The third-order valence-electron chi connectivity index (χ3n) is 3.40. The molecule has 0 spiro atoms. The Morgan fingerprint density at radius 3 is 2.59 bits per heavy atom. The molecule has 1 aliphatic rings. The molecule has 0 aliphatic carbocycles. The molecule has 1 aliphatic heterocycles. The van der Waals surface area contributed by atoms with Gasteiger partial charge in [-0.25, -0.2) is 17.5 Å². The lowest BCUT2D eigenvalue weighted by Gasteiger charge is -2.35. The molecule has 124 valence electrons. The minimum atomic E-state index is -3.88. The summed E-state index contributed by atoms with van der Waals surface area (Å²) in [4.78, 5) is 1.74. The topological polar surface area (TPSA) is 58.6 Å². The number of nitrogens with zero attached hydrogens (tertiary/aromatic N) is 1. The Morgan fingerprint density at radius 2 is 2.00 bits per heavy atom. The van der Waals surface area contributed by atoms with Gasteiger partial charge in [0, 0.05) is 31.2 Å². The van der Waals surface area contributed by atoms with Crippen LogP contribution in [-0.4, -0.2) is 51.7 Å². The van der Waals surface area contributed by atoms with Crippen LogP contribution in [0.4, 0.5) is 4.39 Å². The minimum absolute atomic E-state index is 0.120. The van der Waals surface area contributed by atoms with Crippen LogP contribution in [0.15, 0.2) is 23.1 Å². The van der Waals surface area contributed by atoms with Crippen LogP contribution in [0, 0.1) is 5.82 Å². The summed E-state index contributed by atoms with van der Waals surface area (Å²) in [6, 6.07) is 3.50. The lowest BCUT2D eigenvalue weighted by Crippen LogP contribution is -2.47. The third-order valence-corrected chi connectivity index (χ3v) is 5.13. The SMILES string of the molecule is CC1CN(CCNS(=O)(=O)c2ccc(Cl)cc2F)CC(C)O1. The second-order valence-corrected chi connectivity index (χ2v) is 7.66. The van der Waals surface area contributed by atoms with Crippen molar-refractivity contribution in [3.8, 4) is 0 Å². The van der Waals surface area contributed by atoms with Gasteiger partial charge in [-0.1, -0.05) is 11.6 Å². The maximum Gasteiger partial charge on any atom is 0.243 e. The smallest absolute Gasteiger partial charge is 0.243 e. The van der Waals surface area contributed by atoms with E-state index in [-0.39, 0.29) is 28.7 Å². The lowest BCUT2D eigenvalue weighted by molar-refractivity contribution is -0.0671. The van der Waals surface area contributed by atoms with E-state index in [0.29, 0.717) is 6.54 Å². The van der Waals surface area contributed by atoms with E-state index in [9.17, 15) is 12.8 Å². The highest BCUT2D eigenvalue weighted by molar-refractivity contribution is 7.89. The molecule has 1 saturated heterocycles. The molecule has 0 amide bonds. The van der Waals surface area contributed by atoms with Gasteiger partial charge in [0.1, 0.15) is 10.7 Å². The van der Waals surface area contributed by atoms with Crippen molar-refractivity contribution >= 4 is 21.6 Å². The van der Waals surface area contributed by atoms with Crippen molar-refractivity contribution in [1.82, 2.24) is 9.62 Å². The fourth-order valence-electron chi connectivity index (χ4n) is 2.58. The summed E-state index contributed by atoms with van der Waals surface area (Å²) in [6.07, 6.45) is 0.239. The highest BCUT2D eigenvalue weighted by Gasteiger charge is 2.23. The Balaban J connectivity index is 1.93. The maximum absolute atomic E-state index is 13.7. The number of halogens is 2. The molecule has 1 aromatic rings. The predicted octanol–water partition coefficient (Wildman–Crippen LogP) is 1.87. The first-order valence-corrected chi connectivity index (χ1v) is 8.96. The number of hydrogen-bond donors (Lipinski definition) is 1. The average molecular weight is 351 g/mol. The van der Waals surface area contributed by atoms with Crippen LogP contribution in [0.1, 0.15) is 13.8 Å². The Morgan fingerprint density at radius 1 is 1.36 bits per heavy atom. The second-order valence-electron chi connectivity index (χ2n) is 5.49. The van der Waals surface area contributed by atoms with Crippen molar-refractivity contribution in [3.05, 3.63) is 29.0 Å². The number of sulfonamides is 1. The molecule has 8 heteroatoms. The molecule has 1 fully saturated rings. The largest absolute Gasteiger partial charge is 0.373 e. The first-order chi connectivity index (χ1) is 10.3. The van der Waals surface area contributed by atoms with Crippen molar-refractivity contribution in [1.29, 1.82) is 0 Å². The second kappa shape index (κ2) is 7.23. The van der Waals surface area contributed by atoms with Crippen molar-refractivity contribution in [3.63, 3.8) is 0 Å². The van der Waals surface area contributed by atoms with Gasteiger partial charge < -0.3 is 4.74 Å². The molecular weight excluding hydrogens is 331 g/mol. The van der Waals surface area contributed by atoms with E-state index in [4.69, 9.17) is 16.3 Å². The van der Waals surface area contributed by atoms with Crippen LogP contribution in [0.25, 0.3) is 0 Å². The maximum atomic E-state index is 13.7. The number of nitrogens with one attached hydrogen (secondary N) is 1. The number of benzene rings is 1. The molecule has 0 bridgehead atoms. The molecule has 2 rings (SSSR count). The molecule has 1 heterocycles. The third kappa shape index (κ3) is 4.63. The highest BCUT2D eigenvalue weighted by atomic mass is 35.5. The molecule has 0 radical (unpaired) electrons. The van der Waals surface area contributed by atoms with Gasteiger partial charge in [-0.15, -0.1) is 0 Å². The summed E-state index contributed by atoms with van der Waals surface area (Å²) in [7, 11) is -3.88. The van der Waals surface area contributed by atoms with E-state index in [0.717, 1.165) is 19.2 Å². The van der Waals surface area contributed by atoms with Crippen molar-refractivity contribution < 1.29 is 17.5 Å². The fraction of sp³-hybridized carbons (Fsp3) is 0.571. The summed E-state index contributed by atoms with van der Waals surface area (Å²) < 4.78 is 45.9. The van der Waals surface area contributed by atoms with Crippen molar-refractivity contribution in [2.45, 2.75) is 31.0 Å². The molecule has 5 nitrogen and oxygen atoms in total. The summed E-state index contributed by atoms with van der Waals surface area (Å²) >= 11 is 5.63. The van der Waals surface area contributed by atoms with E-state index in [1.807, 2.05) is 13.8 Å². The molecular formula is C14H20ClFN2O3S. The fourth-order valence-corrected chi connectivity index (χ4v) is 3.81. The van der Waals surface area contributed by atoms with Crippen molar-refractivity contribution in [2.24, 2.45) is 0 Å². The van der Waals surface area contributed by atoms with Gasteiger partial charge in [0.15, 0.2) is 0 Å². The Bertz CT molecular complexity index is 617. The molecule has 2 unspecified atom stereocenters. The van der Waals surface area contributed by atoms with Crippen LogP contribution in [0.3, 0.4) is 0 Å². The van der Waals surface area contributed by atoms with E-state index < -0.39 is 15.8 Å². The van der Waals surface area contributed by atoms with Gasteiger partial charge >= 0.3 is 0 Å². The van der Waals surface area contributed by atoms with Gasteiger partial charge in [-0.05, 0) is 32.0 Å². The van der Waals surface area contributed by atoms with Crippen LogP contribution in [0.5, 0.6) is 0 Å². The van der Waals surface area contributed by atoms with Gasteiger partial charge in [0.25, 0.3) is 0 Å². The van der Waals surface area contributed by atoms with E-state index >= 15 is 0 Å². The van der Waals surface area contributed by atoms with E-state index in [2.05, 4.69) is 9.62 Å². The van der Waals surface area contributed by atoms with Crippen LogP contribution < -0.4 is 4.72 Å². The summed E-state index contributed by atoms with van der Waals surface area (Å²) in [6.45, 7) is 6.23. The van der Waals surface area contributed by atoms with Gasteiger partial charge in [0.05, 0.1) is 12.2 Å². The molecule has 22 heavy (non-hydrogen) atoms. The first-order valence-electron chi connectivity index (χ1n) is 7.10. The molecule has 1 aromatic carbocycles. The zero-order valence-corrected chi connectivity index (χ0v) is 14.1. The predicted molar refractivity (Wildman–Crippen MR) is 83.0 cm³/mol. The van der Waals surface area contributed by atoms with Crippen LogP contribution >= 0.6 is 11.6 Å². The van der Waals surface area contributed by atoms with Crippen LogP contribution in [0.2, 0.25) is 5.02 Å².